The van der Waals surface area contributed by atoms with Crippen LogP contribution in [0.15, 0.2) is 24.3 Å². The van der Waals surface area contributed by atoms with E-state index in [4.69, 9.17) is 5.26 Å². The summed E-state index contributed by atoms with van der Waals surface area (Å²) in [6.07, 6.45) is 0. The summed E-state index contributed by atoms with van der Waals surface area (Å²) in [5.41, 5.74) is 1.24. The molecule has 0 aromatic heterocycles. The zero-order valence-electron chi connectivity index (χ0n) is 8.61. The van der Waals surface area contributed by atoms with Crippen LogP contribution in [-0.4, -0.2) is 24.9 Å². The monoisotopic (exact) mass is 198 g/mol. The average Bonchev–Trinajstić information content (AvgIpc) is 2.25. The van der Waals surface area contributed by atoms with Gasteiger partial charge in [-0.1, -0.05) is 12.0 Å². The molecule has 1 aromatic carbocycles. The van der Waals surface area contributed by atoms with Crippen molar-refractivity contribution in [2.45, 2.75) is 0 Å². The lowest BCUT2D eigenvalue weighted by atomic mass is 10.1. The first-order valence-electron chi connectivity index (χ1n) is 4.37. The molecule has 0 atom stereocenters. The molecule has 1 aromatic rings. The zero-order valence-corrected chi connectivity index (χ0v) is 8.61. The molecule has 0 bridgehead atoms. The van der Waals surface area contributed by atoms with E-state index in [2.05, 4.69) is 11.8 Å². The summed E-state index contributed by atoms with van der Waals surface area (Å²) < 4.78 is 0. The van der Waals surface area contributed by atoms with E-state index in [-0.39, 0.29) is 5.91 Å². The highest BCUT2D eigenvalue weighted by Gasteiger charge is 2.06. The Labute approximate surface area is 88.9 Å². The molecule has 1 amide bonds. The van der Waals surface area contributed by atoms with Crippen molar-refractivity contribution in [3.8, 4) is 17.9 Å². The van der Waals surface area contributed by atoms with Crippen LogP contribution in [0.1, 0.15) is 15.9 Å². The lowest BCUT2D eigenvalue weighted by molar-refractivity contribution is 0.0827. The summed E-state index contributed by atoms with van der Waals surface area (Å²) in [6, 6.07) is 8.64. The van der Waals surface area contributed by atoms with Gasteiger partial charge in [0.1, 0.15) is 0 Å². The van der Waals surface area contributed by atoms with Gasteiger partial charge in [0, 0.05) is 31.1 Å². The summed E-state index contributed by atoms with van der Waals surface area (Å²) >= 11 is 0. The van der Waals surface area contributed by atoms with Gasteiger partial charge >= 0.3 is 0 Å². The Bertz CT molecular complexity index is 472. The van der Waals surface area contributed by atoms with Crippen molar-refractivity contribution in [2.24, 2.45) is 0 Å². The Morgan fingerprint density at radius 2 is 2.13 bits per heavy atom. The van der Waals surface area contributed by atoms with Gasteiger partial charge in [0.25, 0.3) is 5.91 Å². The minimum Gasteiger partial charge on any atom is -0.345 e. The quantitative estimate of drug-likeness (QED) is 0.638. The van der Waals surface area contributed by atoms with E-state index in [0.29, 0.717) is 11.1 Å². The number of carbonyl (C=O) groups excluding carboxylic acids is 1. The maximum Gasteiger partial charge on any atom is 0.253 e. The maximum atomic E-state index is 11.6. The summed E-state index contributed by atoms with van der Waals surface area (Å²) in [5, 5.41) is 8.30. The number of amides is 1. The third-order valence-corrected chi connectivity index (χ3v) is 1.78. The predicted molar refractivity (Wildman–Crippen MR) is 57.0 cm³/mol. The van der Waals surface area contributed by atoms with Gasteiger partial charge in [-0.2, -0.15) is 5.26 Å². The van der Waals surface area contributed by atoms with E-state index in [0.717, 1.165) is 0 Å². The second kappa shape index (κ2) is 4.83. The Morgan fingerprint density at radius 3 is 2.73 bits per heavy atom. The van der Waals surface area contributed by atoms with Crippen LogP contribution in [0.25, 0.3) is 0 Å². The average molecular weight is 198 g/mol. The van der Waals surface area contributed by atoms with Gasteiger partial charge in [0.15, 0.2) is 6.07 Å². The van der Waals surface area contributed by atoms with Crippen LogP contribution in [0.5, 0.6) is 0 Å². The largest absolute Gasteiger partial charge is 0.345 e. The molecule has 0 aliphatic rings. The third kappa shape index (κ3) is 2.86. The normalized spacial score (nSPS) is 8.33. The standard InChI is InChI=1S/C12H10N2O/c1-14(2)12(15)11-7-3-5-10(9-11)6-4-8-13/h3,5,7,9H,1-2H3. The third-order valence-electron chi connectivity index (χ3n) is 1.78. The van der Waals surface area contributed by atoms with Gasteiger partial charge in [0.2, 0.25) is 0 Å². The van der Waals surface area contributed by atoms with E-state index in [9.17, 15) is 4.79 Å². The van der Waals surface area contributed by atoms with Crippen molar-refractivity contribution in [2.75, 3.05) is 14.1 Å². The van der Waals surface area contributed by atoms with Gasteiger partial charge < -0.3 is 4.90 Å². The van der Waals surface area contributed by atoms with Crippen molar-refractivity contribution in [1.82, 2.24) is 4.90 Å². The Kier molecular flexibility index (Phi) is 3.49. The lowest BCUT2D eigenvalue weighted by Gasteiger charge is -2.09. The Morgan fingerprint density at radius 1 is 1.40 bits per heavy atom. The second-order valence-corrected chi connectivity index (χ2v) is 3.14. The Hall–Kier alpha value is -2.26. The number of nitriles is 1. The molecular weight excluding hydrogens is 188 g/mol. The van der Waals surface area contributed by atoms with Gasteiger partial charge in [-0.3, -0.25) is 4.79 Å². The second-order valence-electron chi connectivity index (χ2n) is 3.14. The number of hydrogen-bond donors (Lipinski definition) is 0. The van der Waals surface area contributed by atoms with Crippen LogP contribution in [-0.2, 0) is 0 Å². The summed E-state index contributed by atoms with van der Waals surface area (Å²) in [6.45, 7) is 0. The summed E-state index contributed by atoms with van der Waals surface area (Å²) in [5.74, 6) is 4.86. The van der Waals surface area contributed by atoms with Crippen molar-refractivity contribution in [1.29, 1.82) is 5.26 Å². The van der Waals surface area contributed by atoms with Crippen LogP contribution in [0.3, 0.4) is 0 Å². The molecule has 0 fully saturated rings. The molecule has 3 nitrogen and oxygen atoms in total. The molecule has 0 radical (unpaired) electrons. The minimum atomic E-state index is -0.0735. The van der Waals surface area contributed by atoms with Gasteiger partial charge in [-0.15, -0.1) is 0 Å². The first kappa shape index (κ1) is 10.8. The number of carbonyl (C=O) groups is 1. The van der Waals surface area contributed by atoms with Crippen molar-refractivity contribution < 1.29 is 4.79 Å². The summed E-state index contributed by atoms with van der Waals surface area (Å²) in [7, 11) is 3.38. The summed E-state index contributed by atoms with van der Waals surface area (Å²) in [4.78, 5) is 13.1. The van der Waals surface area contributed by atoms with Crippen LogP contribution < -0.4 is 0 Å². The Balaban J connectivity index is 3.04. The van der Waals surface area contributed by atoms with Gasteiger partial charge in [-0.25, -0.2) is 0 Å². The van der Waals surface area contributed by atoms with E-state index in [1.165, 1.54) is 4.90 Å². The smallest absolute Gasteiger partial charge is 0.253 e. The molecule has 0 saturated carbocycles. The van der Waals surface area contributed by atoms with Gasteiger partial charge in [0.05, 0.1) is 0 Å². The van der Waals surface area contributed by atoms with E-state index in [1.54, 1.807) is 44.4 Å². The molecule has 0 unspecified atom stereocenters. The van der Waals surface area contributed by atoms with E-state index < -0.39 is 0 Å². The van der Waals surface area contributed by atoms with Crippen molar-refractivity contribution in [3.63, 3.8) is 0 Å². The fraction of sp³-hybridized carbons (Fsp3) is 0.167. The van der Waals surface area contributed by atoms with Crippen molar-refractivity contribution >= 4 is 5.91 Å². The first-order chi connectivity index (χ1) is 7.15. The van der Waals surface area contributed by atoms with Crippen LogP contribution in [0, 0.1) is 23.2 Å². The zero-order chi connectivity index (χ0) is 11.3. The lowest BCUT2D eigenvalue weighted by Crippen LogP contribution is -2.21. The highest BCUT2D eigenvalue weighted by atomic mass is 16.2. The number of nitrogens with zero attached hydrogens (tertiary/aromatic N) is 2. The minimum absolute atomic E-state index is 0.0735. The predicted octanol–water partition coefficient (Wildman–Crippen LogP) is 1.26. The molecule has 0 heterocycles. The molecule has 3 heteroatoms. The molecule has 0 saturated heterocycles. The maximum absolute atomic E-state index is 11.6. The van der Waals surface area contributed by atoms with Crippen molar-refractivity contribution in [3.05, 3.63) is 35.4 Å². The number of rotatable bonds is 1. The fourth-order valence-electron chi connectivity index (χ4n) is 1.09. The SMILES string of the molecule is CN(C)C(=O)c1cccc(C#CC#N)c1. The number of hydrogen-bond acceptors (Lipinski definition) is 2. The molecule has 0 N–H and O–H groups in total. The topological polar surface area (TPSA) is 44.1 Å². The van der Waals surface area contributed by atoms with Gasteiger partial charge in [-0.05, 0) is 18.2 Å². The first-order valence-corrected chi connectivity index (χ1v) is 4.37. The highest BCUT2D eigenvalue weighted by Crippen LogP contribution is 2.05. The highest BCUT2D eigenvalue weighted by molar-refractivity contribution is 5.94. The molecule has 74 valence electrons. The van der Waals surface area contributed by atoms with Crippen LogP contribution >= 0.6 is 0 Å². The van der Waals surface area contributed by atoms with E-state index >= 15 is 0 Å². The molecular formula is C12H10N2O. The fourth-order valence-corrected chi connectivity index (χ4v) is 1.09. The number of benzene rings is 1. The molecule has 0 aliphatic heterocycles. The molecule has 1 rings (SSSR count). The van der Waals surface area contributed by atoms with Crippen LogP contribution in [0.4, 0.5) is 0 Å². The van der Waals surface area contributed by atoms with E-state index in [1.807, 2.05) is 0 Å². The molecule has 0 spiro atoms. The van der Waals surface area contributed by atoms with Crippen LogP contribution in [0.2, 0.25) is 0 Å². The molecule has 0 aliphatic carbocycles. The molecule has 15 heavy (non-hydrogen) atoms.